The molecule has 3 rings (SSSR count). The highest BCUT2D eigenvalue weighted by Gasteiger charge is 2.10. The molecule has 122 valence electrons. The summed E-state index contributed by atoms with van der Waals surface area (Å²) in [6.45, 7) is 0.633. The fraction of sp³-hybridized carbons (Fsp3) is 0.176. The van der Waals surface area contributed by atoms with E-state index in [4.69, 9.17) is 4.74 Å². The van der Waals surface area contributed by atoms with Crippen LogP contribution in [0.5, 0.6) is 0 Å². The number of carbonyl (C=O) groups is 1. The van der Waals surface area contributed by atoms with E-state index in [2.05, 4.69) is 15.4 Å². The molecule has 0 saturated carbocycles. The minimum absolute atomic E-state index is 0.164. The van der Waals surface area contributed by atoms with Gasteiger partial charge in [-0.1, -0.05) is 6.07 Å². The van der Waals surface area contributed by atoms with Crippen molar-refractivity contribution in [2.75, 3.05) is 19.0 Å². The van der Waals surface area contributed by atoms with Gasteiger partial charge in [0.2, 0.25) is 0 Å². The van der Waals surface area contributed by atoms with Gasteiger partial charge in [-0.05, 0) is 30.3 Å². The number of nitrogens with one attached hydrogen (secondary N) is 1. The zero-order valence-electron chi connectivity index (χ0n) is 13.1. The summed E-state index contributed by atoms with van der Waals surface area (Å²) in [6.07, 6.45) is 1.72. The minimum Gasteiger partial charge on any atom is -0.383 e. The standard InChI is InChI=1S/C17H16N4O3/c1-24-10-9-21-16(22)7-6-15(20-21)17(23)19-13-4-5-14-12(11-13)3-2-8-18-14/h2-8,11H,9-10H2,1H3,(H,19,23). The van der Waals surface area contributed by atoms with Crippen molar-refractivity contribution in [3.05, 3.63) is 64.7 Å². The molecule has 0 unspecified atom stereocenters. The van der Waals surface area contributed by atoms with E-state index in [0.29, 0.717) is 12.3 Å². The van der Waals surface area contributed by atoms with Gasteiger partial charge in [-0.25, -0.2) is 4.68 Å². The fourth-order valence-electron chi connectivity index (χ4n) is 2.26. The molecule has 24 heavy (non-hydrogen) atoms. The Labute approximate surface area is 137 Å². The molecule has 0 aliphatic heterocycles. The van der Waals surface area contributed by atoms with Gasteiger partial charge in [0.05, 0.1) is 18.7 Å². The highest BCUT2D eigenvalue weighted by molar-refractivity contribution is 6.03. The Kier molecular flexibility index (Phi) is 4.62. The highest BCUT2D eigenvalue weighted by atomic mass is 16.5. The third-order valence-electron chi connectivity index (χ3n) is 3.47. The molecule has 0 radical (unpaired) electrons. The van der Waals surface area contributed by atoms with E-state index < -0.39 is 0 Å². The van der Waals surface area contributed by atoms with Crippen LogP contribution in [0.15, 0.2) is 53.5 Å². The Morgan fingerprint density at radius 1 is 1.25 bits per heavy atom. The largest absolute Gasteiger partial charge is 0.383 e. The molecule has 2 aromatic heterocycles. The zero-order chi connectivity index (χ0) is 16.9. The molecule has 1 amide bonds. The maximum Gasteiger partial charge on any atom is 0.276 e. The maximum absolute atomic E-state index is 12.4. The molecule has 0 atom stereocenters. The van der Waals surface area contributed by atoms with Crippen LogP contribution in [0, 0.1) is 0 Å². The van der Waals surface area contributed by atoms with Gasteiger partial charge in [-0.2, -0.15) is 5.10 Å². The Hall–Kier alpha value is -3.06. The van der Waals surface area contributed by atoms with Crippen LogP contribution in [0.3, 0.4) is 0 Å². The minimum atomic E-state index is -0.385. The number of benzene rings is 1. The van der Waals surface area contributed by atoms with Crippen LogP contribution in [-0.4, -0.2) is 34.4 Å². The van der Waals surface area contributed by atoms with Crippen LogP contribution in [0.1, 0.15) is 10.5 Å². The number of amides is 1. The summed E-state index contributed by atoms with van der Waals surface area (Å²) in [5.74, 6) is -0.385. The van der Waals surface area contributed by atoms with Crippen LogP contribution >= 0.6 is 0 Å². The molecule has 1 aromatic carbocycles. The second-order valence-corrected chi connectivity index (χ2v) is 5.14. The first-order valence-electron chi connectivity index (χ1n) is 7.40. The predicted octanol–water partition coefficient (Wildman–Crippen LogP) is 1.69. The van der Waals surface area contributed by atoms with Gasteiger partial charge in [0.15, 0.2) is 0 Å². The third kappa shape index (κ3) is 3.47. The normalized spacial score (nSPS) is 10.7. The van der Waals surface area contributed by atoms with E-state index in [0.717, 1.165) is 10.9 Å². The Balaban J connectivity index is 1.81. The predicted molar refractivity (Wildman–Crippen MR) is 90.1 cm³/mol. The lowest BCUT2D eigenvalue weighted by Crippen LogP contribution is -2.27. The van der Waals surface area contributed by atoms with E-state index in [1.807, 2.05) is 24.3 Å². The SMILES string of the molecule is COCCn1nc(C(=O)Nc2ccc3ncccc3c2)ccc1=O. The van der Waals surface area contributed by atoms with Crippen LogP contribution in [-0.2, 0) is 11.3 Å². The second kappa shape index (κ2) is 7.01. The van der Waals surface area contributed by atoms with Crippen molar-refractivity contribution >= 4 is 22.5 Å². The summed E-state index contributed by atoms with van der Waals surface area (Å²) < 4.78 is 6.14. The number of hydrogen-bond acceptors (Lipinski definition) is 5. The molecule has 0 spiro atoms. The molecular formula is C17H16N4O3. The van der Waals surface area contributed by atoms with E-state index in [-0.39, 0.29) is 23.7 Å². The summed E-state index contributed by atoms with van der Waals surface area (Å²) in [5, 5.41) is 7.77. The van der Waals surface area contributed by atoms with Gasteiger partial charge in [-0.15, -0.1) is 0 Å². The first-order valence-corrected chi connectivity index (χ1v) is 7.40. The Morgan fingerprint density at radius 3 is 2.96 bits per heavy atom. The summed E-state index contributed by atoms with van der Waals surface area (Å²) in [4.78, 5) is 28.3. The van der Waals surface area contributed by atoms with Gasteiger partial charge in [-0.3, -0.25) is 14.6 Å². The number of fused-ring (bicyclic) bond motifs is 1. The van der Waals surface area contributed by atoms with Gasteiger partial charge in [0.25, 0.3) is 11.5 Å². The van der Waals surface area contributed by atoms with Crippen molar-refractivity contribution < 1.29 is 9.53 Å². The van der Waals surface area contributed by atoms with E-state index in [1.165, 1.54) is 23.9 Å². The number of methoxy groups -OCH3 is 1. The van der Waals surface area contributed by atoms with Crippen molar-refractivity contribution in [3.8, 4) is 0 Å². The van der Waals surface area contributed by atoms with Crippen LogP contribution in [0.4, 0.5) is 5.69 Å². The lowest BCUT2D eigenvalue weighted by molar-refractivity contribution is 0.101. The fourth-order valence-corrected chi connectivity index (χ4v) is 2.26. The van der Waals surface area contributed by atoms with Gasteiger partial charge >= 0.3 is 0 Å². The Morgan fingerprint density at radius 2 is 2.12 bits per heavy atom. The molecule has 7 heteroatoms. The second-order valence-electron chi connectivity index (χ2n) is 5.14. The number of hydrogen-bond donors (Lipinski definition) is 1. The van der Waals surface area contributed by atoms with E-state index in [1.54, 1.807) is 12.3 Å². The first kappa shape index (κ1) is 15.8. The van der Waals surface area contributed by atoms with Crippen molar-refractivity contribution in [2.24, 2.45) is 0 Å². The molecule has 1 N–H and O–H groups in total. The van der Waals surface area contributed by atoms with Crippen molar-refractivity contribution in [1.82, 2.24) is 14.8 Å². The van der Waals surface area contributed by atoms with Crippen LogP contribution in [0.2, 0.25) is 0 Å². The van der Waals surface area contributed by atoms with Gasteiger partial charge < -0.3 is 10.1 Å². The van der Waals surface area contributed by atoms with Crippen LogP contribution < -0.4 is 10.9 Å². The van der Waals surface area contributed by atoms with Gasteiger partial charge in [0.1, 0.15) is 5.69 Å². The first-order chi connectivity index (χ1) is 11.7. The van der Waals surface area contributed by atoms with Crippen LogP contribution in [0.25, 0.3) is 10.9 Å². The molecular weight excluding hydrogens is 308 g/mol. The molecule has 2 heterocycles. The number of carbonyl (C=O) groups excluding carboxylic acids is 1. The van der Waals surface area contributed by atoms with E-state index in [9.17, 15) is 9.59 Å². The average Bonchev–Trinajstić information content (AvgIpc) is 2.61. The molecule has 0 aliphatic carbocycles. The number of aromatic nitrogens is 3. The van der Waals surface area contributed by atoms with E-state index >= 15 is 0 Å². The Bertz CT molecular complexity index is 936. The summed E-state index contributed by atoms with van der Waals surface area (Å²) in [7, 11) is 1.54. The quantitative estimate of drug-likeness (QED) is 0.772. The number of ether oxygens (including phenoxy) is 1. The molecule has 0 fully saturated rings. The van der Waals surface area contributed by atoms with Crippen molar-refractivity contribution in [2.45, 2.75) is 6.54 Å². The maximum atomic E-state index is 12.4. The number of rotatable bonds is 5. The smallest absolute Gasteiger partial charge is 0.276 e. The molecule has 0 bridgehead atoms. The molecule has 7 nitrogen and oxygen atoms in total. The molecule has 0 saturated heterocycles. The zero-order valence-corrected chi connectivity index (χ0v) is 13.1. The monoisotopic (exact) mass is 324 g/mol. The molecule has 3 aromatic rings. The topological polar surface area (TPSA) is 86.1 Å². The summed E-state index contributed by atoms with van der Waals surface area (Å²) in [6, 6.07) is 11.9. The van der Waals surface area contributed by atoms with Crippen molar-refractivity contribution in [3.63, 3.8) is 0 Å². The summed E-state index contributed by atoms with van der Waals surface area (Å²) >= 11 is 0. The van der Waals surface area contributed by atoms with Crippen molar-refractivity contribution in [1.29, 1.82) is 0 Å². The average molecular weight is 324 g/mol. The number of anilines is 1. The lowest BCUT2D eigenvalue weighted by atomic mass is 10.2. The third-order valence-corrected chi connectivity index (χ3v) is 3.47. The molecule has 0 aliphatic rings. The highest BCUT2D eigenvalue weighted by Crippen LogP contribution is 2.17. The summed E-state index contributed by atoms with van der Waals surface area (Å²) in [5.41, 5.74) is 1.37. The van der Waals surface area contributed by atoms with Gasteiger partial charge in [0, 0.05) is 30.4 Å². The lowest BCUT2D eigenvalue weighted by Gasteiger charge is -2.08. The number of pyridine rings is 1. The number of nitrogens with zero attached hydrogens (tertiary/aromatic N) is 3.